The Morgan fingerprint density at radius 1 is 1.12 bits per heavy atom. The maximum absolute atomic E-state index is 13.8. The van der Waals surface area contributed by atoms with Crippen molar-refractivity contribution in [3.05, 3.63) is 108 Å². The molecule has 0 saturated heterocycles. The molecule has 2 aromatic carbocycles. The number of benzene rings is 2. The van der Waals surface area contributed by atoms with Crippen molar-refractivity contribution in [3.63, 3.8) is 0 Å². The molecule has 0 aliphatic heterocycles. The Balaban J connectivity index is 1.44. The number of aryl methyl sites for hydroxylation is 1. The lowest BCUT2D eigenvalue weighted by molar-refractivity contribution is 0.0941. The van der Waals surface area contributed by atoms with Gasteiger partial charge in [-0.15, -0.1) is 5.10 Å². The first kappa shape index (κ1) is 24.8. The molecule has 0 aliphatic rings. The highest BCUT2D eigenvalue weighted by atomic mass is 19.1. The van der Waals surface area contributed by atoms with Gasteiger partial charge in [0.2, 0.25) is 0 Å². The molecule has 6 aromatic rings. The van der Waals surface area contributed by atoms with E-state index < -0.39 is 11.9 Å². The summed E-state index contributed by atoms with van der Waals surface area (Å²) in [6.45, 7) is 1.83. The standard InChI is InChI=1S/C30H23FN8O/c1-18(35-30(40)26-28(32)37-39-14-4-13-33-29(26)39)27-24(21-9-11-22(31)12-10-21)15-23-20(5-3-6-25(23)36-27)8-7-19-16-34-38(2)17-19/h3-6,9-18H,1-2H3,(H2,32,37)(H,35,40)/t18-/m1/s1. The summed E-state index contributed by atoms with van der Waals surface area (Å²) >= 11 is 0. The zero-order chi connectivity index (χ0) is 27.8. The van der Waals surface area contributed by atoms with E-state index in [4.69, 9.17) is 10.7 Å². The number of carbonyl (C=O) groups is 1. The van der Waals surface area contributed by atoms with Gasteiger partial charge < -0.3 is 11.1 Å². The average molecular weight is 531 g/mol. The van der Waals surface area contributed by atoms with Crippen LogP contribution in [0.5, 0.6) is 0 Å². The predicted octanol–water partition coefficient (Wildman–Crippen LogP) is 4.29. The minimum Gasteiger partial charge on any atom is -0.381 e. The third-order valence-electron chi connectivity index (χ3n) is 6.50. The van der Waals surface area contributed by atoms with Gasteiger partial charge in [0, 0.05) is 42.2 Å². The molecule has 10 heteroatoms. The number of rotatable bonds is 4. The van der Waals surface area contributed by atoms with Crippen LogP contribution in [0.15, 0.2) is 79.4 Å². The topological polar surface area (TPSA) is 116 Å². The summed E-state index contributed by atoms with van der Waals surface area (Å²) < 4.78 is 17.0. The fourth-order valence-corrected chi connectivity index (χ4v) is 4.59. The number of nitrogen functional groups attached to an aromatic ring is 1. The average Bonchev–Trinajstić information content (AvgIpc) is 3.52. The number of carbonyl (C=O) groups excluding carboxylic acids is 1. The fourth-order valence-electron chi connectivity index (χ4n) is 4.59. The number of pyridine rings is 1. The maximum Gasteiger partial charge on any atom is 0.259 e. The molecule has 0 bridgehead atoms. The number of hydrogen-bond acceptors (Lipinski definition) is 6. The van der Waals surface area contributed by atoms with Crippen LogP contribution in [0.3, 0.4) is 0 Å². The monoisotopic (exact) mass is 530 g/mol. The third-order valence-corrected chi connectivity index (χ3v) is 6.50. The molecule has 0 unspecified atom stereocenters. The van der Waals surface area contributed by atoms with Crippen molar-refractivity contribution < 1.29 is 9.18 Å². The largest absolute Gasteiger partial charge is 0.381 e. The second kappa shape index (κ2) is 9.96. The van der Waals surface area contributed by atoms with E-state index in [1.54, 1.807) is 41.5 Å². The lowest BCUT2D eigenvalue weighted by atomic mass is 9.96. The van der Waals surface area contributed by atoms with Crippen LogP contribution in [0.1, 0.15) is 40.1 Å². The van der Waals surface area contributed by atoms with Gasteiger partial charge in [0.15, 0.2) is 11.5 Å². The van der Waals surface area contributed by atoms with Crippen molar-refractivity contribution in [1.29, 1.82) is 0 Å². The van der Waals surface area contributed by atoms with Crippen LogP contribution in [-0.4, -0.2) is 35.3 Å². The second-order valence-corrected chi connectivity index (χ2v) is 9.30. The Morgan fingerprint density at radius 3 is 2.73 bits per heavy atom. The number of anilines is 1. The summed E-state index contributed by atoms with van der Waals surface area (Å²) in [5, 5.41) is 12.2. The number of aromatic nitrogens is 6. The van der Waals surface area contributed by atoms with E-state index in [0.29, 0.717) is 16.9 Å². The van der Waals surface area contributed by atoms with Gasteiger partial charge in [0.05, 0.1) is 29.0 Å². The minimum atomic E-state index is -0.542. The van der Waals surface area contributed by atoms with Gasteiger partial charge in [-0.3, -0.25) is 9.48 Å². The van der Waals surface area contributed by atoms with E-state index in [9.17, 15) is 9.18 Å². The summed E-state index contributed by atoms with van der Waals surface area (Å²) in [5.74, 6) is 5.67. The van der Waals surface area contributed by atoms with Crippen LogP contribution in [-0.2, 0) is 7.05 Å². The molecule has 0 fully saturated rings. The van der Waals surface area contributed by atoms with Crippen molar-refractivity contribution in [2.24, 2.45) is 7.05 Å². The van der Waals surface area contributed by atoms with Gasteiger partial charge in [0.1, 0.15) is 11.4 Å². The highest BCUT2D eigenvalue weighted by Crippen LogP contribution is 2.32. The molecule has 0 saturated carbocycles. The normalized spacial score (nSPS) is 11.8. The summed E-state index contributed by atoms with van der Waals surface area (Å²) in [6, 6.07) is 15.0. The molecular weight excluding hydrogens is 507 g/mol. The quantitative estimate of drug-likeness (QED) is 0.329. The molecule has 1 atom stereocenters. The van der Waals surface area contributed by atoms with Crippen LogP contribution in [0.2, 0.25) is 0 Å². The first-order chi connectivity index (χ1) is 19.4. The Morgan fingerprint density at radius 2 is 1.95 bits per heavy atom. The number of nitrogens with two attached hydrogens (primary N) is 1. The summed E-state index contributed by atoms with van der Waals surface area (Å²) in [4.78, 5) is 22.6. The van der Waals surface area contributed by atoms with Crippen LogP contribution in [0.4, 0.5) is 10.2 Å². The van der Waals surface area contributed by atoms with E-state index in [1.807, 2.05) is 44.4 Å². The van der Waals surface area contributed by atoms with Gasteiger partial charge in [-0.05, 0) is 48.9 Å². The highest BCUT2D eigenvalue weighted by Gasteiger charge is 2.23. The summed E-state index contributed by atoms with van der Waals surface area (Å²) in [7, 11) is 1.84. The van der Waals surface area contributed by atoms with E-state index in [-0.39, 0.29) is 17.2 Å². The van der Waals surface area contributed by atoms with Crippen molar-refractivity contribution >= 4 is 28.3 Å². The van der Waals surface area contributed by atoms with Crippen LogP contribution < -0.4 is 11.1 Å². The predicted molar refractivity (Wildman–Crippen MR) is 150 cm³/mol. The number of fused-ring (bicyclic) bond motifs is 2. The zero-order valence-corrected chi connectivity index (χ0v) is 21.6. The molecule has 0 radical (unpaired) electrons. The van der Waals surface area contributed by atoms with Crippen molar-refractivity contribution in [3.8, 4) is 23.0 Å². The number of nitrogens with zero attached hydrogens (tertiary/aromatic N) is 6. The van der Waals surface area contributed by atoms with Gasteiger partial charge in [-0.25, -0.2) is 18.9 Å². The van der Waals surface area contributed by atoms with E-state index >= 15 is 0 Å². The number of nitrogens with one attached hydrogen (secondary N) is 1. The second-order valence-electron chi connectivity index (χ2n) is 9.30. The molecule has 4 aromatic heterocycles. The number of halogens is 1. The molecular formula is C30H23FN8O. The molecule has 1 amide bonds. The van der Waals surface area contributed by atoms with Crippen molar-refractivity contribution in [2.45, 2.75) is 13.0 Å². The Bertz CT molecular complexity index is 1960. The highest BCUT2D eigenvalue weighted by molar-refractivity contribution is 6.04. The van der Waals surface area contributed by atoms with E-state index in [2.05, 4.69) is 32.3 Å². The maximum atomic E-state index is 13.8. The fraction of sp³-hybridized carbons (Fsp3) is 0.100. The first-order valence-corrected chi connectivity index (χ1v) is 12.5. The molecule has 4 heterocycles. The number of hydrogen-bond donors (Lipinski definition) is 2. The van der Waals surface area contributed by atoms with Gasteiger partial charge in [-0.1, -0.05) is 30.0 Å². The molecule has 3 N–H and O–H groups in total. The zero-order valence-electron chi connectivity index (χ0n) is 21.6. The van der Waals surface area contributed by atoms with Gasteiger partial charge in [0.25, 0.3) is 5.91 Å². The Labute approximate surface area is 228 Å². The van der Waals surface area contributed by atoms with Crippen LogP contribution in [0.25, 0.3) is 27.7 Å². The Hall–Kier alpha value is -5.56. The van der Waals surface area contributed by atoms with Crippen molar-refractivity contribution in [2.75, 3.05) is 5.73 Å². The van der Waals surface area contributed by atoms with Crippen LogP contribution >= 0.6 is 0 Å². The first-order valence-electron chi connectivity index (χ1n) is 12.5. The van der Waals surface area contributed by atoms with Crippen LogP contribution in [0, 0.1) is 17.7 Å². The summed E-state index contributed by atoms with van der Waals surface area (Å²) in [5.41, 5.74) is 11.0. The summed E-state index contributed by atoms with van der Waals surface area (Å²) in [6.07, 6.45) is 6.79. The Kier molecular flexibility index (Phi) is 6.16. The third kappa shape index (κ3) is 4.61. The molecule has 196 valence electrons. The molecule has 0 aliphatic carbocycles. The van der Waals surface area contributed by atoms with E-state index in [0.717, 1.165) is 27.6 Å². The molecule has 6 rings (SSSR count). The smallest absolute Gasteiger partial charge is 0.259 e. The van der Waals surface area contributed by atoms with Crippen molar-refractivity contribution in [1.82, 2.24) is 34.7 Å². The lowest BCUT2D eigenvalue weighted by Crippen LogP contribution is -2.28. The SMILES string of the molecule is C[C@@H](NC(=O)c1c(N)nn2cccnc12)c1nc2cccc(C#Cc3cnn(C)c3)c2cc1-c1ccc(F)cc1. The van der Waals surface area contributed by atoms with E-state index in [1.165, 1.54) is 16.6 Å². The van der Waals surface area contributed by atoms with Gasteiger partial charge >= 0.3 is 0 Å². The number of amides is 1. The minimum absolute atomic E-state index is 0.0745. The molecule has 0 spiro atoms. The molecule has 40 heavy (non-hydrogen) atoms. The van der Waals surface area contributed by atoms with Gasteiger partial charge in [-0.2, -0.15) is 5.10 Å². The lowest BCUT2D eigenvalue weighted by Gasteiger charge is -2.19. The molecule has 9 nitrogen and oxygen atoms in total.